The van der Waals surface area contributed by atoms with Crippen LogP contribution in [0.25, 0.3) is 0 Å². The maximum atomic E-state index is 5.36. The highest BCUT2D eigenvalue weighted by Crippen LogP contribution is 2.13. The van der Waals surface area contributed by atoms with Crippen molar-refractivity contribution in [2.75, 3.05) is 7.11 Å². The number of ether oxygens (including phenoxy) is 1. The van der Waals surface area contributed by atoms with E-state index in [0.717, 1.165) is 12.2 Å². The molecule has 13 heavy (non-hydrogen) atoms. The van der Waals surface area contributed by atoms with Gasteiger partial charge in [0.15, 0.2) is 0 Å². The third-order valence-electron chi connectivity index (χ3n) is 2.45. The summed E-state index contributed by atoms with van der Waals surface area (Å²) in [6.07, 6.45) is 1.87. The maximum Gasteiger partial charge on any atom is 0.0952 e. The van der Waals surface area contributed by atoms with Gasteiger partial charge in [-0.3, -0.25) is 0 Å². The Bertz CT molecular complexity index is 289. The van der Waals surface area contributed by atoms with E-state index in [1.54, 1.807) is 7.11 Å². The smallest absolute Gasteiger partial charge is 0.0952 e. The minimum absolute atomic E-state index is 0.127. The zero-order chi connectivity index (χ0) is 10.1. The molecule has 0 aromatic carbocycles. The average Bonchev–Trinajstić information content (AvgIpc) is 2.36. The fourth-order valence-corrected chi connectivity index (χ4v) is 1.18. The Labute approximate surface area is 79.7 Å². The number of methoxy groups -OCH3 is 1. The first-order chi connectivity index (χ1) is 5.96. The van der Waals surface area contributed by atoms with Crippen molar-refractivity contribution in [1.82, 2.24) is 9.55 Å². The van der Waals surface area contributed by atoms with Crippen LogP contribution in [-0.4, -0.2) is 22.3 Å². The molecule has 0 radical (unpaired) electrons. The number of nitrogens with zero attached hydrogens (tertiary/aromatic N) is 2. The van der Waals surface area contributed by atoms with Crippen LogP contribution in [0.4, 0.5) is 0 Å². The number of imidazole rings is 1. The SMILES string of the molecule is COC(C)(C)Cn1cnc(C)c1C. The molecule has 1 rings (SSSR count). The fraction of sp³-hybridized carbons (Fsp3) is 0.700. The molecule has 0 saturated carbocycles. The van der Waals surface area contributed by atoms with Crippen molar-refractivity contribution < 1.29 is 4.74 Å². The minimum Gasteiger partial charge on any atom is -0.377 e. The first-order valence-electron chi connectivity index (χ1n) is 4.50. The first kappa shape index (κ1) is 10.3. The van der Waals surface area contributed by atoms with E-state index in [9.17, 15) is 0 Å². The van der Waals surface area contributed by atoms with E-state index in [2.05, 4.69) is 30.3 Å². The number of rotatable bonds is 3. The van der Waals surface area contributed by atoms with Crippen molar-refractivity contribution in [3.63, 3.8) is 0 Å². The second-order valence-corrected chi connectivity index (χ2v) is 4.01. The third-order valence-corrected chi connectivity index (χ3v) is 2.45. The third kappa shape index (κ3) is 2.31. The Kier molecular flexibility index (Phi) is 2.76. The summed E-state index contributed by atoms with van der Waals surface area (Å²) < 4.78 is 7.48. The van der Waals surface area contributed by atoms with Gasteiger partial charge < -0.3 is 9.30 Å². The highest BCUT2D eigenvalue weighted by atomic mass is 16.5. The summed E-state index contributed by atoms with van der Waals surface area (Å²) in [4.78, 5) is 4.24. The molecule has 0 N–H and O–H groups in total. The molecule has 0 fully saturated rings. The molecule has 1 aromatic heterocycles. The van der Waals surface area contributed by atoms with Crippen molar-refractivity contribution in [2.24, 2.45) is 0 Å². The van der Waals surface area contributed by atoms with Crippen LogP contribution >= 0.6 is 0 Å². The molecule has 1 aromatic rings. The minimum atomic E-state index is -0.127. The molecule has 0 aliphatic rings. The molecular formula is C10H18N2O. The Hall–Kier alpha value is -0.830. The van der Waals surface area contributed by atoms with Gasteiger partial charge in [0.1, 0.15) is 0 Å². The van der Waals surface area contributed by atoms with Gasteiger partial charge >= 0.3 is 0 Å². The molecule has 0 amide bonds. The predicted molar refractivity (Wildman–Crippen MR) is 52.8 cm³/mol. The van der Waals surface area contributed by atoms with Gasteiger partial charge in [-0.05, 0) is 27.7 Å². The molecule has 0 unspecified atom stereocenters. The summed E-state index contributed by atoms with van der Waals surface area (Å²) in [5.41, 5.74) is 2.18. The lowest BCUT2D eigenvalue weighted by Gasteiger charge is -2.23. The Morgan fingerprint density at radius 2 is 2.08 bits per heavy atom. The van der Waals surface area contributed by atoms with Gasteiger partial charge in [-0.15, -0.1) is 0 Å². The second kappa shape index (κ2) is 3.50. The van der Waals surface area contributed by atoms with Gasteiger partial charge in [-0.25, -0.2) is 4.98 Å². The largest absolute Gasteiger partial charge is 0.377 e. The number of hydrogen-bond donors (Lipinski definition) is 0. The topological polar surface area (TPSA) is 27.1 Å². The van der Waals surface area contributed by atoms with Crippen LogP contribution in [0.3, 0.4) is 0 Å². The van der Waals surface area contributed by atoms with Crippen LogP contribution < -0.4 is 0 Å². The van der Waals surface area contributed by atoms with Crippen LogP contribution in [0.15, 0.2) is 6.33 Å². The van der Waals surface area contributed by atoms with Crippen LogP contribution in [-0.2, 0) is 11.3 Å². The van der Waals surface area contributed by atoms with Gasteiger partial charge in [-0.1, -0.05) is 0 Å². The predicted octanol–water partition coefficient (Wildman–Crippen LogP) is 1.92. The monoisotopic (exact) mass is 182 g/mol. The number of aryl methyl sites for hydroxylation is 1. The maximum absolute atomic E-state index is 5.36. The zero-order valence-electron chi connectivity index (χ0n) is 9.09. The summed E-state index contributed by atoms with van der Waals surface area (Å²) in [5, 5.41) is 0. The summed E-state index contributed by atoms with van der Waals surface area (Å²) in [7, 11) is 1.74. The fourth-order valence-electron chi connectivity index (χ4n) is 1.18. The van der Waals surface area contributed by atoms with Gasteiger partial charge in [0.25, 0.3) is 0 Å². The standard InChI is InChI=1S/C10H18N2O/c1-8-9(2)12(7-11-8)6-10(3,4)13-5/h7H,6H2,1-5H3. The molecule has 0 bridgehead atoms. The molecule has 74 valence electrons. The van der Waals surface area contributed by atoms with Crippen molar-refractivity contribution in [3.05, 3.63) is 17.7 Å². The van der Waals surface area contributed by atoms with Gasteiger partial charge in [0.2, 0.25) is 0 Å². The van der Waals surface area contributed by atoms with Crippen molar-refractivity contribution in [3.8, 4) is 0 Å². The van der Waals surface area contributed by atoms with Crippen LogP contribution in [0.1, 0.15) is 25.2 Å². The van der Waals surface area contributed by atoms with Crippen LogP contribution in [0.2, 0.25) is 0 Å². The zero-order valence-corrected chi connectivity index (χ0v) is 9.09. The van der Waals surface area contributed by atoms with E-state index >= 15 is 0 Å². The molecule has 0 aliphatic heterocycles. The van der Waals surface area contributed by atoms with E-state index in [1.165, 1.54) is 5.69 Å². The lowest BCUT2D eigenvalue weighted by Crippen LogP contribution is -2.29. The van der Waals surface area contributed by atoms with E-state index in [-0.39, 0.29) is 5.60 Å². The van der Waals surface area contributed by atoms with Crippen LogP contribution in [0.5, 0.6) is 0 Å². The molecule has 0 spiro atoms. The molecule has 3 heteroatoms. The summed E-state index contributed by atoms with van der Waals surface area (Å²) >= 11 is 0. The van der Waals surface area contributed by atoms with Crippen molar-refractivity contribution in [1.29, 1.82) is 0 Å². The van der Waals surface area contributed by atoms with Gasteiger partial charge in [-0.2, -0.15) is 0 Å². The summed E-state index contributed by atoms with van der Waals surface area (Å²) in [5.74, 6) is 0. The lowest BCUT2D eigenvalue weighted by molar-refractivity contribution is 0.00772. The van der Waals surface area contributed by atoms with E-state index in [4.69, 9.17) is 4.74 Å². The van der Waals surface area contributed by atoms with Gasteiger partial charge in [0, 0.05) is 12.8 Å². The highest BCUT2D eigenvalue weighted by molar-refractivity contribution is 5.08. The molecule has 1 heterocycles. The molecule has 0 atom stereocenters. The summed E-state index contributed by atoms with van der Waals surface area (Å²) in [6.45, 7) is 9.08. The molecule has 3 nitrogen and oxygen atoms in total. The van der Waals surface area contributed by atoms with Crippen molar-refractivity contribution in [2.45, 2.75) is 39.8 Å². The lowest BCUT2D eigenvalue weighted by atomic mass is 10.1. The molecule has 0 aliphatic carbocycles. The normalized spacial score (nSPS) is 12.1. The van der Waals surface area contributed by atoms with E-state index in [0.29, 0.717) is 0 Å². The number of hydrogen-bond acceptors (Lipinski definition) is 2. The first-order valence-corrected chi connectivity index (χ1v) is 4.50. The van der Waals surface area contributed by atoms with E-state index < -0.39 is 0 Å². The summed E-state index contributed by atoms with van der Waals surface area (Å²) in [6, 6.07) is 0. The van der Waals surface area contributed by atoms with Gasteiger partial charge in [0.05, 0.1) is 24.2 Å². The molecular weight excluding hydrogens is 164 g/mol. The molecule has 0 saturated heterocycles. The Morgan fingerprint density at radius 1 is 1.46 bits per heavy atom. The average molecular weight is 182 g/mol. The Morgan fingerprint density at radius 3 is 2.46 bits per heavy atom. The number of aromatic nitrogens is 2. The highest BCUT2D eigenvalue weighted by Gasteiger charge is 2.18. The van der Waals surface area contributed by atoms with E-state index in [1.807, 2.05) is 13.3 Å². The van der Waals surface area contributed by atoms with Crippen molar-refractivity contribution >= 4 is 0 Å². The quantitative estimate of drug-likeness (QED) is 0.714. The van der Waals surface area contributed by atoms with Crippen LogP contribution in [0, 0.1) is 13.8 Å². The second-order valence-electron chi connectivity index (χ2n) is 4.01. The Balaban J connectivity index is 2.80.